The quantitative estimate of drug-likeness (QED) is 0.164. The fraction of sp³-hybridized carbons (Fsp3) is 0.535. The van der Waals surface area contributed by atoms with Gasteiger partial charge in [-0.15, -0.1) is 0 Å². The van der Waals surface area contributed by atoms with Crippen molar-refractivity contribution in [3.8, 4) is 22.6 Å². The average molecular weight is 886 g/mol. The number of benzene rings is 3. The highest BCUT2D eigenvalue weighted by Gasteiger charge is 2.55. The molecule has 1 unspecified atom stereocenters. The number of sulfonamides is 1. The van der Waals surface area contributed by atoms with Gasteiger partial charge in [-0.1, -0.05) is 30.3 Å². The second-order valence-electron chi connectivity index (χ2n) is 17.4. The molecular weight excluding hydrogens is 831 g/mol. The summed E-state index contributed by atoms with van der Waals surface area (Å²) < 4.78 is 82.5. The molecule has 2 heterocycles. The van der Waals surface area contributed by atoms with Gasteiger partial charge in [-0.05, 0) is 107 Å². The Bertz CT molecular complexity index is 2310. The van der Waals surface area contributed by atoms with E-state index in [-0.39, 0.29) is 48.4 Å². The van der Waals surface area contributed by atoms with E-state index in [4.69, 9.17) is 23.7 Å². The minimum absolute atomic E-state index is 0.0290. The minimum Gasteiger partial charge on any atom is -0.496 e. The molecule has 2 aliphatic carbocycles. The Morgan fingerprint density at radius 2 is 1.62 bits per heavy atom. The first kappa shape index (κ1) is 44.6. The summed E-state index contributed by atoms with van der Waals surface area (Å²) in [5, 5.41) is 25.6. The SMILES string of the molecule is COc1ccc(S(=O)(=O)N2CCC3(CC2)C[C@@H](OC(=O)NCC(O)COc2cccc(S(=O)(=O)C4(CO)CC4)c2)CO3)cc1-c1ccc(C2(NC(=O)OC(C)(C)C)CC2)cc1. The van der Waals surface area contributed by atoms with Gasteiger partial charge in [-0.2, -0.15) is 4.31 Å². The molecule has 332 valence electrons. The van der Waals surface area contributed by atoms with E-state index in [1.165, 1.54) is 35.7 Å². The van der Waals surface area contributed by atoms with E-state index in [0.717, 1.165) is 24.0 Å². The predicted molar refractivity (Wildman–Crippen MR) is 222 cm³/mol. The molecule has 3 aromatic carbocycles. The van der Waals surface area contributed by atoms with Crippen molar-refractivity contribution >= 4 is 32.0 Å². The summed E-state index contributed by atoms with van der Waals surface area (Å²) in [7, 11) is -6.12. The number of nitrogens with zero attached hydrogens (tertiary/aromatic N) is 1. The number of piperidine rings is 1. The Kier molecular flexibility index (Phi) is 12.4. The zero-order valence-corrected chi connectivity index (χ0v) is 36.5. The first-order chi connectivity index (χ1) is 28.8. The van der Waals surface area contributed by atoms with Crippen LogP contribution in [0.3, 0.4) is 0 Å². The molecular formula is C43H55N3O13S2. The fourth-order valence-electron chi connectivity index (χ4n) is 7.94. The lowest BCUT2D eigenvalue weighted by Crippen LogP contribution is -2.46. The van der Waals surface area contributed by atoms with E-state index in [9.17, 15) is 36.6 Å². The van der Waals surface area contributed by atoms with Crippen molar-refractivity contribution < 1.29 is 60.3 Å². The van der Waals surface area contributed by atoms with E-state index in [1.54, 1.807) is 18.2 Å². The summed E-state index contributed by atoms with van der Waals surface area (Å²) in [5.41, 5.74) is 0.508. The van der Waals surface area contributed by atoms with Crippen LogP contribution in [-0.4, -0.2) is 118 Å². The van der Waals surface area contributed by atoms with E-state index in [2.05, 4.69) is 10.6 Å². The molecule has 0 bridgehead atoms. The maximum absolute atomic E-state index is 14.0. The standard InChI is InChI=1S/C43H55N3O13S2/c1-40(2,3)59-39(50)45-43(16-17-43)30-10-8-29(9-11-30)36-23-35(12-13-37(36)55-4)61(53,54)46-20-18-41(19-21-46)24-33(27-57-41)58-38(49)44-25-31(48)26-56-32-6-5-7-34(22-32)60(51,52)42(28-47)14-15-42/h5-13,22-23,31,33,47-48H,14-21,24-28H2,1-4H3,(H,44,49)(H,45,50)/t31?,33-/m1/s1. The number of aliphatic hydroxyl groups is 2. The molecule has 16 nitrogen and oxygen atoms in total. The van der Waals surface area contributed by atoms with Gasteiger partial charge >= 0.3 is 12.2 Å². The zero-order chi connectivity index (χ0) is 43.8. The van der Waals surface area contributed by atoms with Crippen molar-refractivity contribution in [1.82, 2.24) is 14.9 Å². The number of alkyl carbamates (subject to hydrolysis) is 2. The van der Waals surface area contributed by atoms with Gasteiger partial charge in [0.25, 0.3) is 0 Å². The topological polar surface area (TPSA) is 216 Å². The molecule has 0 aromatic heterocycles. The third-order valence-electron chi connectivity index (χ3n) is 11.8. The molecule has 2 saturated carbocycles. The van der Waals surface area contributed by atoms with Crippen LogP contribution in [0.4, 0.5) is 9.59 Å². The van der Waals surface area contributed by atoms with Gasteiger partial charge in [0.05, 0.1) is 52.5 Å². The highest BCUT2D eigenvalue weighted by atomic mass is 32.2. The second kappa shape index (κ2) is 17.0. The van der Waals surface area contributed by atoms with Crippen LogP contribution in [0.25, 0.3) is 11.1 Å². The van der Waals surface area contributed by atoms with E-state index in [1.807, 2.05) is 45.0 Å². The summed E-state index contributed by atoms with van der Waals surface area (Å²) in [6.07, 6.45) is 0.579. The Labute approximate surface area is 356 Å². The first-order valence-corrected chi connectivity index (χ1v) is 23.4. The normalized spacial score (nSPS) is 20.9. The van der Waals surface area contributed by atoms with Crippen molar-refractivity contribution in [2.45, 2.75) is 109 Å². The van der Waals surface area contributed by atoms with Crippen LogP contribution in [0.5, 0.6) is 11.5 Å². The van der Waals surface area contributed by atoms with Crippen molar-refractivity contribution in [3.05, 3.63) is 72.3 Å². The zero-order valence-electron chi connectivity index (χ0n) is 34.8. The predicted octanol–water partition coefficient (Wildman–Crippen LogP) is 4.65. The first-order valence-electron chi connectivity index (χ1n) is 20.5. The number of carbonyl (C=O) groups is 2. The molecule has 2 aliphatic heterocycles. The van der Waals surface area contributed by atoms with E-state index < -0.39 is 72.3 Å². The van der Waals surface area contributed by atoms with Gasteiger partial charge in [0, 0.05) is 25.1 Å². The number of sulfone groups is 1. The monoisotopic (exact) mass is 885 g/mol. The molecule has 4 N–H and O–H groups in total. The van der Waals surface area contributed by atoms with Crippen LogP contribution in [0.1, 0.15) is 71.3 Å². The highest BCUT2D eigenvalue weighted by molar-refractivity contribution is 7.93. The number of aliphatic hydroxyl groups excluding tert-OH is 2. The Balaban J connectivity index is 0.885. The van der Waals surface area contributed by atoms with Gasteiger partial charge in [0.2, 0.25) is 10.0 Å². The number of methoxy groups -OCH3 is 1. The van der Waals surface area contributed by atoms with Crippen LogP contribution in [-0.2, 0) is 39.6 Å². The average Bonchev–Trinajstić information content (AvgIpc) is 4.17. The molecule has 4 aliphatic rings. The van der Waals surface area contributed by atoms with Crippen LogP contribution in [0.2, 0.25) is 0 Å². The number of hydrogen-bond acceptors (Lipinski definition) is 13. The summed E-state index contributed by atoms with van der Waals surface area (Å²) in [6, 6.07) is 18.3. The fourth-order valence-corrected chi connectivity index (χ4v) is 11.2. The Hall–Kier alpha value is -4.46. The number of nitrogens with one attached hydrogen (secondary N) is 2. The van der Waals surface area contributed by atoms with E-state index in [0.29, 0.717) is 43.4 Å². The summed E-state index contributed by atoms with van der Waals surface area (Å²) in [6.45, 7) is 5.11. The molecule has 2 saturated heterocycles. The maximum atomic E-state index is 14.0. The molecule has 2 amide bonds. The molecule has 0 radical (unpaired) electrons. The van der Waals surface area contributed by atoms with Gasteiger partial charge in [0.15, 0.2) is 9.84 Å². The molecule has 4 fully saturated rings. The molecule has 18 heteroatoms. The number of rotatable bonds is 15. The van der Waals surface area contributed by atoms with Crippen molar-refractivity contribution in [2.75, 3.05) is 46.6 Å². The molecule has 7 rings (SSSR count). The summed E-state index contributed by atoms with van der Waals surface area (Å²) in [4.78, 5) is 25.3. The number of ether oxygens (including phenoxy) is 5. The van der Waals surface area contributed by atoms with Crippen LogP contribution < -0.4 is 20.1 Å². The number of hydrogen-bond donors (Lipinski definition) is 4. The number of carbonyl (C=O) groups excluding carboxylic acids is 2. The molecule has 2 atom stereocenters. The third kappa shape index (κ3) is 9.79. The molecule has 3 aromatic rings. The number of amides is 2. The van der Waals surface area contributed by atoms with Crippen molar-refractivity contribution in [2.24, 2.45) is 0 Å². The van der Waals surface area contributed by atoms with Crippen molar-refractivity contribution in [1.29, 1.82) is 0 Å². The van der Waals surface area contributed by atoms with Crippen LogP contribution in [0.15, 0.2) is 76.5 Å². The highest BCUT2D eigenvalue weighted by Crippen LogP contribution is 2.48. The van der Waals surface area contributed by atoms with Gasteiger partial charge in [0.1, 0.15) is 35.9 Å². The maximum Gasteiger partial charge on any atom is 0.408 e. The van der Waals surface area contributed by atoms with Gasteiger partial charge < -0.3 is 44.5 Å². The lowest BCUT2D eigenvalue weighted by molar-refractivity contribution is -0.0325. The van der Waals surface area contributed by atoms with Crippen LogP contribution >= 0.6 is 0 Å². The largest absolute Gasteiger partial charge is 0.496 e. The Morgan fingerprint density at radius 1 is 0.918 bits per heavy atom. The van der Waals surface area contributed by atoms with Gasteiger partial charge in [-0.3, -0.25) is 0 Å². The van der Waals surface area contributed by atoms with Crippen LogP contribution in [0, 0.1) is 0 Å². The third-order valence-corrected chi connectivity index (χ3v) is 16.3. The second-order valence-corrected chi connectivity index (χ2v) is 21.7. The summed E-state index contributed by atoms with van der Waals surface area (Å²) >= 11 is 0. The lowest BCUT2D eigenvalue weighted by Gasteiger charge is -2.37. The van der Waals surface area contributed by atoms with E-state index >= 15 is 0 Å². The summed E-state index contributed by atoms with van der Waals surface area (Å²) in [5.74, 6) is 0.731. The Morgan fingerprint density at radius 3 is 2.25 bits per heavy atom. The smallest absolute Gasteiger partial charge is 0.408 e. The lowest BCUT2D eigenvalue weighted by atomic mass is 9.89. The molecule has 1 spiro atoms. The van der Waals surface area contributed by atoms with Gasteiger partial charge in [-0.25, -0.2) is 26.4 Å². The minimum atomic E-state index is -3.90. The van der Waals surface area contributed by atoms with Crippen molar-refractivity contribution in [3.63, 3.8) is 0 Å². The molecule has 61 heavy (non-hydrogen) atoms.